The third-order valence-corrected chi connectivity index (χ3v) is 4.22. The standard InChI is InChI=1S/C16H24O4/c1-4-7-15(13(17)18)9-12(6-3)10-16(11-15,8-5-2)14(19)20/h6,9H,3-5,7-8,10-11H2,1-2H3,(H,17,18)(H,19,20). The molecular formula is C16H24O4. The lowest BCUT2D eigenvalue weighted by atomic mass is 9.60. The van der Waals surface area contributed by atoms with Crippen molar-refractivity contribution in [2.75, 3.05) is 0 Å². The zero-order valence-electron chi connectivity index (χ0n) is 12.3. The van der Waals surface area contributed by atoms with Crippen LogP contribution in [0.3, 0.4) is 0 Å². The summed E-state index contributed by atoms with van der Waals surface area (Å²) in [5, 5.41) is 19.3. The Morgan fingerprint density at radius 3 is 2.25 bits per heavy atom. The molecule has 0 radical (unpaired) electrons. The van der Waals surface area contributed by atoms with Gasteiger partial charge in [-0.25, -0.2) is 0 Å². The fourth-order valence-corrected chi connectivity index (χ4v) is 3.41. The van der Waals surface area contributed by atoms with Gasteiger partial charge in [0.1, 0.15) is 0 Å². The van der Waals surface area contributed by atoms with Crippen LogP contribution in [0.5, 0.6) is 0 Å². The van der Waals surface area contributed by atoms with Gasteiger partial charge in [0.2, 0.25) is 0 Å². The number of aliphatic carboxylic acids is 2. The summed E-state index contributed by atoms with van der Waals surface area (Å²) < 4.78 is 0. The Labute approximate surface area is 120 Å². The minimum Gasteiger partial charge on any atom is -0.481 e. The molecule has 0 aromatic heterocycles. The molecule has 4 nitrogen and oxygen atoms in total. The lowest BCUT2D eigenvalue weighted by Gasteiger charge is -2.42. The first-order chi connectivity index (χ1) is 9.35. The summed E-state index contributed by atoms with van der Waals surface area (Å²) in [6.07, 6.45) is 6.24. The lowest BCUT2D eigenvalue weighted by Crippen LogP contribution is -2.44. The average molecular weight is 280 g/mol. The van der Waals surface area contributed by atoms with Crippen molar-refractivity contribution in [2.45, 2.75) is 52.4 Å². The second-order valence-electron chi connectivity index (χ2n) is 5.82. The third kappa shape index (κ3) is 2.94. The van der Waals surface area contributed by atoms with Crippen molar-refractivity contribution in [3.63, 3.8) is 0 Å². The predicted molar refractivity (Wildman–Crippen MR) is 77.5 cm³/mol. The first kappa shape index (κ1) is 16.5. The van der Waals surface area contributed by atoms with Gasteiger partial charge in [0.25, 0.3) is 0 Å². The summed E-state index contributed by atoms with van der Waals surface area (Å²) in [4.78, 5) is 23.6. The van der Waals surface area contributed by atoms with Crippen LogP contribution < -0.4 is 0 Å². The molecule has 0 saturated carbocycles. The number of carboxylic acid groups (broad SMARTS) is 2. The summed E-state index contributed by atoms with van der Waals surface area (Å²) in [5.41, 5.74) is -1.33. The molecule has 2 unspecified atom stereocenters. The van der Waals surface area contributed by atoms with Gasteiger partial charge in [-0.1, -0.05) is 51.0 Å². The maximum atomic E-state index is 11.8. The van der Waals surface area contributed by atoms with E-state index in [0.29, 0.717) is 25.7 Å². The van der Waals surface area contributed by atoms with E-state index in [2.05, 4.69) is 6.58 Å². The first-order valence-electron chi connectivity index (χ1n) is 7.17. The van der Waals surface area contributed by atoms with Crippen molar-refractivity contribution in [3.8, 4) is 0 Å². The number of carboxylic acids is 2. The highest BCUT2D eigenvalue weighted by molar-refractivity contribution is 5.82. The Morgan fingerprint density at radius 1 is 1.25 bits per heavy atom. The van der Waals surface area contributed by atoms with E-state index in [-0.39, 0.29) is 6.42 Å². The second kappa shape index (κ2) is 6.25. The Balaban J connectivity index is 3.36. The summed E-state index contributed by atoms with van der Waals surface area (Å²) >= 11 is 0. The molecule has 20 heavy (non-hydrogen) atoms. The molecule has 112 valence electrons. The number of carbonyl (C=O) groups is 2. The average Bonchev–Trinajstić information content (AvgIpc) is 2.38. The van der Waals surface area contributed by atoms with Gasteiger partial charge in [0.15, 0.2) is 0 Å². The van der Waals surface area contributed by atoms with Crippen LogP contribution >= 0.6 is 0 Å². The SMILES string of the molecule is C=CC1=CC(CCC)(C(=O)O)CC(CCC)(C(=O)O)C1. The van der Waals surface area contributed by atoms with Crippen LogP contribution in [0.4, 0.5) is 0 Å². The van der Waals surface area contributed by atoms with E-state index in [4.69, 9.17) is 0 Å². The molecule has 0 saturated heterocycles. The Kier molecular flexibility index (Phi) is 5.15. The monoisotopic (exact) mass is 280 g/mol. The smallest absolute Gasteiger partial charge is 0.313 e. The molecule has 0 aromatic rings. The molecule has 0 amide bonds. The molecule has 1 aliphatic carbocycles. The van der Waals surface area contributed by atoms with E-state index < -0.39 is 22.8 Å². The van der Waals surface area contributed by atoms with Gasteiger partial charge < -0.3 is 10.2 Å². The normalized spacial score (nSPS) is 29.6. The van der Waals surface area contributed by atoms with Gasteiger partial charge in [0.05, 0.1) is 10.8 Å². The zero-order valence-corrected chi connectivity index (χ0v) is 12.3. The van der Waals surface area contributed by atoms with Crippen molar-refractivity contribution < 1.29 is 19.8 Å². The molecule has 4 heteroatoms. The van der Waals surface area contributed by atoms with Crippen LogP contribution in [0.25, 0.3) is 0 Å². The molecule has 0 bridgehead atoms. The maximum Gasteiger partial charge on any atom is 0.313 e. The molecule has 0 heterocycles. The van der Waals surface area contributed by atoms with Crippen molar-refractivity contribution in [2.24, 2.45) is 10.8 Å². The molecule has 0 fully saturated rings. The highest BCUT2D eigenvalue weighted by atomic mass is 16.4. The van der Waals surface area contributed by atoms with Gasteiger partial charge in [0, 0.05) is 0 Å². The molecule has 0 aromatic carbocycles. The largest absolute Gasteiger partial charge is 0.481 e. The van der Waals surface area contributed by atoms with Crippen molar-refractivity contribution in [3.05, 3.63) is 24.3 Å². The summed E-state index contributed by atoms with van der Waals surface area (Å²) in [6.45, 7) is 7.55. The van der Waals surface area contributed by atoms with Crippen LogP contribution in [0.1, 0.15) is 52.4 Å². The van der Waals surface area contributed by atoms with Crippen LogP contribution in [0.15, 0.2) is 24.3 Å². The highest BCUT2D eigenvalue weighted by Gasteiger charge is 2.51. The van der Waals surface area contributed by atoms with Crippen LogP contribution in [0, 0.1) is 10.8 Å². The van der Waals surface area contributed by atoms with E-state index >= 15 is 0 Å². The van der Waals surface area contributed by atoms with Crippen molar-refractivity contribution >= 4 is 11.9 Å². The van der Waals surface area contributed by atoms with Gasteiger partial charge in [-0.3, -0.25) is 9.59 Å². The second-order valence-corrected chi connectivity index (χ2v) is 5.82. The van der Waals surface area contributed by atoms with Crippen LogP contribution in [0.2, 0.25) is 0 Å². The summed E-state index contributed by atoms with van der Waals surface area (Å²) in [6, 6.07) is 0. The first-order valence-corrected chi connectivity index (χ1v) is 7.17. The Bertz CT molecular complexity index is 438. The number of allylic oxidation sites excluding steroid dienone is 2. The molecule has 1 rings (SSSR count). The zero-order chi connectivity index (χ0) is 15.4. The quantitative estimate of drug-likeness (QED) is 0.746. The van der Waals surface area contributed by atoms with E-state index in [1.807, 2.05) is 13.8 Å². The van der Waals surface area contributed by atoms with E-state index in [9.17, 15) is 19.8 Å². The topological polar surface area (TPSA) is 74.6 Å². The van der Waals surface area contributed by atoms with Gasteiger partial charge in [-0.05, 0) is 25.7 Å². The Hall–Kier alpha value is -1.58. The predicted octanol–water partition coefficient (Wildman–Crippen LogP) is 3.63. The number of hydrogen-bond acceptors (Lipinski definition) is 2. The molecule has 0 spiro atoms. The van der Waals surface area contributed by atoms with Gasteiger partial charge >= 0.3 is 11.9 Å². The van der Waals surface area contributed by atoms with Crippen LogP contribution in [-0.2, 0) is 9.59 Å². The fraction of sp³-hybridized carbons (Fsp3) is 0.625. The van der Waals surface area contributed by atoms with Gasteiger partial charge in [-0.2, -0.15) is 0 Å². The minimum atomic E-state index is -1.08. The molecular weight excluding hydrogens is 256 g/mol. The number of rotatable bonds is 7. The molecule has 2 atom stereocenters. The van der Waals surface area contributed by atoms with Crippen LogP contribution in [-0.4, -0.2) is 22.2 Å². The van der Waals surface area contributed by atoms with E-state index in [0.717, 1.165) is 12.0 Å². The summed E-state index contributed by atoms with van der Waals surface area (Å²) in [7, 11) is 0. The highest BCUT2D eigenvalue weighted by Crippen LogP contribution is 2.50. The molecule has 2 N–H and O–H groups in total. The third-order valence-electron chi connectivity index (χ3n) is 4.22. The van der Waals surface area contributed by atoms with E-state index in [1.54, 1.807) is 12.2 Å². The number of hydrogen-bond donors (Lipinski definition) is 2. The van der Waals surface area contributed by atoms with Gasteiger partial charge in [-0.15, -0.1) is 0 Å². The van der Waals surface area contributed by atoms with E-state index in [1.165, 1.54) is 0 Å². The molecule has 0 aliphatic heterocycles. The minimum absolute atomic E-state index is 0.170. The summed E-state index contributed by atoms with van der Waals surface area (Å²) in [5.74, 6) is -1.83. The lowest BCUT2D eigenvalue weighted by molar-refractivity contribution is -0.157. The maximum absolute atomic E-state index is 11.8. The Morgan fingerprint density at radius 2 is 1.85 bits per heavy atom. The van der Waals surface area contributed by atoms with Crippen molar-refractivity contribution in [1.82, 2.24) is 0 Å². The van der Waals surface area contributed by atoms with Crippen molar-refractivity contribution in [1.29, 1.82) is 0 Å². The fourth-order valence-electron chi connectivity index (χ4n) is 3.41. The molecule has 1 aliphatic rings.